The average molecular weight is 283 g/mol. The molecule has 0 aromatic heterocycles. The van der Waals surface area contributed by atoms with Crippen molar-refractivity contribution in [3.05, 3.63) is 24.3 Å². The molecule has 1 rings (SSSR count). The van der Waals surface area contributed by atoms with Gasteiger partial charge in [0.1, 0.15) is 12.4 Å². The van der Waals surface area contributed by atoms with Crippen LogP contribution >= 0.6 is 0 Å². The molecule has 0 unspecified atom stereocenters. The molecule has 0 aliphatic carbocycles. The molecule has 20 heavy (non-hydrogen) atoms. The fourth-order valence-corrected chi connectivity index (χ4v) is 1.32. The molecule has 0 amide bonds. The minimum absolute atomic E-state index is 0.373. The van der Waals surface area contributed by atoms with Gasteiger partial charge < -0.3 is 24.4 Å². The molecule has 0 saturated heterocycles. The number of benzene rings is 1. The smallest absolute Gasteiger partial charge is 0.482 e. The first-order valence-corrected chi connectivity index (χ1v) is 5.63. The number of rotatable bonds is 9. The predicted molar refractivity (Wildman–Crippen MR) is 68.7 cm³/mol. The Labute approximate surface area is 115 Å². The number of carboxylic acid groups (broad SMARTS) is 2. The van der Waals surface area contributed by atoms with E-state index in [1.807, 2.05) is 0 Å². The van der Waals surface area contributed by atoms with E-state index >= 15 is 0 Å². The van der Waals surface area contributed by atoms with Crippen LogP contribution in [0, 0.1) is 0 Å². The van der Waals surface area contributed by atoms with E-state index in [4.69, 9.17) is 24.4 Å². The van der Waals surface area contributed by atoms with Gasteiger partial charge >= 0.3 is 19.1 Å². The Morgan fingerprint density at radius 2 is 1.75 bits per heavy atom. The third-order valence-electron chi connectivity index (χ3n) is 2.10. The second-order valence-corrected chi connectivity index (χ2v) is 3.61. The molecule has 108 valence electrons. The summed E-state index contributed by atoms with van der Waals surface area (Å²) in [6, 6.07) is 6.24. The molecule has 0 aliphatic rings. The second kappa shape index (κ2) is 8.15. The number of carboxylic acids is 2. The first-order valence-electron chi connectivity index (χ1n) is 5.63. The fourth-order valence-electron chi connectivity index (χ4n) is 1.32. The first-order chi connectivity index (χ1) is 9.52. The van der Waals surface area contributed by atoms with Gasteiger partial charge in [-0.2, -0.15) is 0 Å². The lowest BCUT2D eigenvalue weighted by molar-refractivity contribution is -0.140. The number of nitrogens with one attached hydrogen (secondary N) is 1. The average Bonchev–Trinajstić information content (AvgIpc) is 2.41. The molecule has 0 atom stereocenters. The van der Waals surface area contributed by atoms with Gasteiger partial charge in [-0.3, -0.25) is 0 Å². The summed E-state index contributed by atoms with van der Waals surface area (Å²) in [7, 11) is 0.617. The summed E-state index contributed by atoms with van der Waals surface area (Å²) in [5.41, 5.74) is 2.98. The van der Waals surface area contributed by atoms with E-state index in [2.05, 4.69) is 5.48 Å². The maximum Gasteiger partial charge on any atom is 0.511 e. The zero-order valence-electron chi connectivity index (χ0n) is 10.7. The largest absolute Gasteiger partial charge is 0.511 e. The van der Waals surface area contributed by atoms with E-state index in [1.54, 1.807) is 12.1 Å². The van der Waals surface area contributed by atoms with Gasteiger partial charge in [-0.15, -0.1) is 0 Å². The normalized spacial score (nSPS) is 10.1. The molecule has 0 fully saturated rings. The van der Waals surface area contributed by atoms with Crippen LogP contribution in [0.1, 0.15) is 0 Å². The van der Waals surface area contributed by atoms with Crippen LogP contribution < -0.4 is 15.7 Å². The molecule has 9 heteroatoms. The Balaban J connectivity index is 2.66. The van der Waals surface area contributed by atoms with Crippen molar-refractivity contribution < 1.29 is 33.9 Å². The molecule has 1 aromatic rings. The number of carbonyl (C=O) groups is 2. The minimum atomic E-state index is -1.11. The van der Waals surface area contributed by atoms with Crippen LogP contribution in [0.2, 0.25) is 0 Å². The summed E-state index contributed by atoms with van der Waals surface area (Å²) >= 11 is 0. The standard InChI is InChI=1S/C11H14BNO7/c1-13-20-12(19-7-11(16)17)8-2-4-9(5-3-8)18-6-10(14)15/h2-5,13H,6-7H2,1H3,(H,14,15)(H,16,17). The molecule has 0 saturated carbocycles. The summed E-state index contributed by atoms with van der Waals surface area (Å²) in [6.07, 6.45) is 0. The SMILES string of the molecule is CNOB(OCC(=O)O)c1ccc(OCC(=O)O)cc1. The Morgan fingerprint density at radius 3 is 2.25 bits per heavy atom. The molecular weight excluding hydrogens is 269 g/mol. The molecule has 0 spiro atoms. The van der Waals surface area contributed by atoms with Gasteiger partial charge in [0.25, 0.3) is 0 Å². The first kappa shape index (κ1) is 16.0. The quantitative estimate of drug-likeness (QED) is 0.394. The summed E-state index contributed by atoms with van der Waals surface area (Å²) in [4.78, 5) is 20.8. The number of aliphatic carboxylic acids is 2. The van der Waals surface area contributed by atoms with E-state index in [-0.39, 0.29) is 0 Å². The zero-order valence-corrected chi connectivity index (χ0v) is 10.7. The third kappa shape index (κ3) is 5.70. The lowest BCUT2D eigenvalue weighted by atomic mass is 9.79. The van der Waals surface area contributed by atoms with Crippen molar-refractivity contribution >= 4 is 24.5 Å². The van der Waals surface area contributed by atoms with E-state index in [9.17, 15) is 9.59 Å². The van der Waals surface area contributed by atoms with Crippen LogP contribution in [0.3, 0.4) is 0 Å². The number of hydrogen-bond acceptors (Lipinski definition) is 6. The molecule has 3 N–H and O–H groups in total. The molecule has 0 aliphatic heterocycles. The molecular formula is C11H14BNO7. The van der Waals surface area contributed by atoms with Crippen LogP contribution in [0.25, 0.3) is 0 Å². The zero-order chi connectivity index (χ0) is 15.0. The van der Waals surface area contributed by atoms with Gasteiger partial charge in [-0.1, -0.05) is 12.1 Å². The predicted octanol–water partition coefficient (Wildman–Crippen LogP) is -0.903. The summed E-state index contributed by atoms with van der Waals surface area (Å²) in [5, 5.41) is 17.0. The van der Waals surface area contributed by atoms with E-state index in [0.717, 1.165) is 0 Å². The Morgan fingerprint density at radius 1 is 1.15 bits per heavy atom. The monoisotopic (exact) mass is 283 g/mol. The van der Waals surface area contributed by atoms with E-state index < -0.39 is 32.3 Å². The van der Waals surface area contributed by atoms with Gasteiger partial charge in [0.05, 0.1) is 0 Å². The van der Waals surface area contributed by atoms with E-state index in [0.29, 0.717) is 11.2 Å². The summed E-state index contributed by atoms with van der Waals surface area (Å²) in [5.74, 6) is -1.82. The van der Waals surface area contributed by atoms with Crippen molar-refractivity contribution in [2.75, 3.05) is 20.3 Å². The number of ether oxygens (including phenoxy) is 1. The number of hydrogen-bond donors (Lipinski definition) is 3. The Bertz CT molecular complexity index is 451. The van der Waals surface area contributed by atoms with Gasteiger partial charge in [0.15, 0.2) is 6.61 Å². The Hall–Kier alpha value is -2.10. The molecule has 8 nitrogen and oxygen atoms in total. The summed E-state index contributed by atoms with van der Waals surface area (Å²) < 4.78 is 15.1. The van der Waals surface area contributed by atoms with Crippen molar-refractivity contribution in [1.29, 1.82) is 0 Å². The molecule has 0 bridgehead atoms. The molecule has 0 heterocycles. The van der Waals surface area contributed by atoms with Crippen LogP contribution in [-0.4, -0.2) is 49.5 Å². The highest BCUT2D eigenvalue weighted by Gasteiger charge is 2.22. The van der Waals surface area contributed by atoms with Crippen molar-refractivity contribution in [2.45, 2.75) is 0 Å². The lowest BCUT2D eigenvalue weighted by Gasteiger charge is -2.13. The van der Waals surface area contributed by atoms with Crippen LogP contribution in [0.15, 0.2) is 24.3 Å². The minimum Gasteiger partial charge on any atom is -0.482 e. The lowest BCUT2D eigenvalue weighted by Crippen LogP contribution is -2.41. The highest BCUT2D eigenvalue weighted by molar-refractivity contribution is 6.61. The maximum absolute atomic E-state index is 10.5. The van der Waals surface area contributed by atoms with Crippen molar-refractivity contribution in [3.63, 3.8) is 0 Å². The highest BCUT2D eigenvalue weighted by atomic mass is 16.7. The van der Waals surface area contributed by atoms with Crippen molar-refractivity contribution in [3.8, 4) is 5.75 Å². The van der Waals surface area contributed by atoms with Crippen LogP contribution in [0.4, 0.5) is 0 Å². The van der Waals surface area contributed by atoms with Crippen LogP contribution in [0.5, 0.6) is 5.75 Å². The van der Waals surface area contributed by atoms with Gasteiger partial charge in [0, 0.05) is 7.05 Å². The van der Waals surface area contributed by atoms with Crippen LogP contribution in [-0.2, 0) is 19.0 Å². The van der Waals surface area contributed by atoms with E-state index in [1.165, 1.54) is 19.2 Å². The van der Waals surface area contributed by atoms with Gasteiger partial charge in [-0.25, -0.2) is 15.1 Å². The van der Waals surface area contributed by atoms with Gasteiger partial charge in [-0.05, 0) is 17.6 Å². The molecule has 0 radical (unpaired) electrons. The second-order valence-electron chi connectivity index (χ2n) is 3.61. The topological polar surface area (TPSA) is 114 Å². The summed E-state index contributed by atoms with van der Waals surface area (Å²) in [6.45, 7) is -0.949. The van der Waals surface area contributed by atoms with Gasteiger partial charge in [0.2, 0.25) is 0 Å². The molecule has 1 aromatic carbocycles. The maximum atomic E-state index is 10.5. The van der Waals surface area contributed by atoms with Crippen molar-refractivity contribution in [1.82, 2.24) is 5.48 Å². The third-order valence-corrected chi connectivity index (χ3v) is 2.10. The highest BCUT2D eigenvalue weighted by Crippen LogP contribution is 2.08. The Kier molecular flexibility index (Phi) is 6.50. The number of hydroxylamine groups is 1. The fraction of sp³-hybridized carbons (Fsp3) is 0.273. The van der Waals surface area contributed by atoms with Crippen molar-refractivity contribution in [2.24, 2.45) is 0 Å².